The zero-order valence-corrected chi connectivity index (χ0v) is 15.2. The van der Waals surface area contributed by atoms with Crippen molar-refractivity contribution < 1.29 is 9.90 Å². The lowest BCUT2D eigenvalue weighted by atomic mass is 10.1. The highest BCUT2D eigenvalue weighted by molar-refractivity contribution is 5.66. The molecule has 24 heavy (non-hydrogen) atoms. The normalized spacial score (nSPS) is 12.7. The third-order valence-corrected chi connectivity index (χ3v) is 3.41. The van der Waals surface area contributed by atoms with E-state index in [1.807, 2.05) is 18.2 Å². The standard InChI is InChI=1S/C22H34O2/c1-2-3-4-5-6-7-8-9-10-11-12-13-14-15-16-17-18-19-20-21-22(23)24/h3-4,9-10,12-13,16-19H,2,5-8,11,14-15,20-21H2,1H3,(H,23,24)/b4-3-,10-9-,13-12-,17-16+,19-18-. The molecule has 0 heterocycles. The molecule has 2 nitrogen and oxygen atoms in total. The van der Waals surface area contributed by atoms with E-state index in [1.54, 1.807) is 0 Å². The maximum absolute atomic E-state index is 10.3. The Bertz CT molecular complexity index is 425. The first kappa shape index (κ1) is 22.2. The Labute approximate surface area is 148 Å². The number of hydrogen-bond acceptors (Lipinski definition) is 1. The van der Waals surface area contributed by atoms with Crippen LogP contribution in [0.3, 0.4) is 0 Å². The zero-order valence-electron chi connectivity index (χ0n) is 15.2. The first-order chi connectivity index (χ1) is 11.8. The van der Waals surface area contributed by atoms with Gasteiger partial charge in [0, 0.05) is 6.42 Å². The lowest BCUT2D eigenvalue weighted by Crippen LogP contribution is -1.91. The number of aliphatic carboxylic acids is 1. The lowest BCUT2D eigenvalue weighted by Gasteiger charge is -1.92. The fourth-order valence-electron chi connectivity index (χ4n) is 2.06. The van der Waals surface area contributed by atoms with Crippen molar-refractivity contribution in [3.8, 4) is 0 Å². The van der Waals surface area contributed by atoms with Crippen LogP contribution in [0, 0.1) is 0 Å². The van der Waals surface area contributed by atoms with E-state index in [9.17, 15) is 4.79 Å². The van der Waals surface area contributed by atoms with Gasteiger partial charge in [-0.3, -0.25) is 4.79 Å². The molecule has 0 aliphatic heterocycles. The lowest BCUT2D eigenvalue weighted by molar-refractivity contribution is -0.136. The van der Waals surface area contributed by atoms with Gasteiger partial charge in [-0.1, -0.05) is 67.7 Å². The minimum absolute atomic E-state index is 0.205. The van der Waals surface area contributed by atoms with Gasteiger partial charge >= 0.3 is 5.97 Å². The highest BCUT2D eigenvalue weighted by Gasteiger charge is 1.90. The smallest absolute Gasteiger partial charge is 0.303 e. The molecule has 1 N–H and O–H groups in total. The van der Waals surface area contributed by atoms with Gasteiger partial charge in [0.2, 0.25) is 0 Å². The molecular weight excluding hydrogens is 296 g/mol. The maximum atomic E-state index is 10.3. The summed E-state index contributed by atoms with van der Waals surface area (Å²) in [6.45, 7) is 2.17. The van der Waals surface area contributed by atoms with Crippen LogP contribution in [-0.4, -0.2) is 11.1 Å². The number of carboxylic acid groups (broad SMARTS) is 1. The van der Waals surface area contributed by atoms with Crippen LogP contribution in [0.5, 0.6) is 0 Å². The fourth-order valence-corrected chi connectivity index (χ4v) is 2.06. The predicted molar refractivity (Wildman–Crippen MR) is 105 cm³/mol. The van der Waals surface area contributed by atoms with E-state index < -0.39 is 5.97 Å². The van der Waals surface area contributed by atoms with Crippen molar-refractivity contribution in [2.24, 2.45) is 0 Å². The molecule has 0 atom stereocenters. The third kappa shape index (κ3) is 20.2. The molecular formula is C22H34O2. The van der Waals surface area contributed by atoms with Gasteiger partial charge in [-0.2, -0.15) is 0 Å². The van der Waals surface area contributed by atoms with Crippen molar-refractivity contribution in [3.63, 3.8) is 0 Å². The maximum Gasteiger partial charge on any atom is 0.303 e. The average Bonchev–Trinajstić information content (AvgIpc) is 2.56. The predicted octanol–water partition coefficient (Wildman–Crippen LogP) is 6.77. The van der Waals surface area contributed by atoms with Gasteiger partial charge in [0.25, 0.3) is 0 Å². The second-order valence-corrected chi connectivity index (χ2v) is 5.71. The Morgan fingerprint density at radius 1 is 0.708 bits per heavy atom. The Morgan fingerprint density at radius 2 is 1.25 bits per heavy atom. The summed E-state index contributed by atoms with van der Waals surface area (Å²) in [5, 5.41) is 8.49. The van der Waals surface area contributed by atoms with E-state index >= 15 is 0 Å². The molecule has 0 spiro atoms. The van der Waals surface area contributed by atoms with Crippen LogP contribution in [0.2, 0.25) is 0 Å². The Kier molecular flexibility index (Phi) is 17.8. The van der Waals surface area contributed by atoms with Crippen molar-refractivity contribution in [3.05, 3.63) is 60.8 Å². The Hall–Kier alpha value is -1.83. The minimum Gasteiger partial charge on any atom is -0.481 e. The summed E-state index contributed by atoms with van der Waals surface area (Å²) < 4.78 is 0. The molecule has 0 saturated carbocycles. The van der Waals surface area contributed by atoms with E-state index in [4.69, 9.17) is 5.11 Å². The number of rotatable bonds is 15. The van der Waals surface area contributed by atoms with E-state index in [2.05, 4.69) is 49.5 Å². The molecule has 0 aliphatic carbocycles. The van der Waals surface area contributed by atoms with Crippen molar-refractivity contribution in [1.82, 2.24) is 0 Å². The van der Waals surface area contributed by atoms with Crippen LogP contribution in [0.4, 0.5) is 0 Å². The van der Waals surface area contributed by atoms with Crippen LogP contribution >= 0.6 is 0 Å². The average molecular weight is 331 g/mol. The molecule has 0 saturated heterocycles. The third-order valence-electron chi connectivity index (χ3n) is 3.41. The molecule has 134 valence electrons. The topological polar surface area (TPSA) is 37.3 Å². The van der Waals surface area contributed by atoms with Crippen LogP contribution < -0.4 is 0 Å². The van der Waals surface area contributed by atoms with E-state index in [1.165, 1.54) is 25.7 Å². The van der Waals surface area contributed by atoms with Crippen LogP contribution in [0.15, 0.2) is 60.8 Å². The molecule has 0 radical (unpaired) electrons. The summed E-state index contributed by atoms with van der Waals surface area (Å²) in [5.74, 6) is -0.744. The van der Waals surface area contributed by atoms with Crippen molar-refractivity contribution in [2.75, 3.05) is 0 Å². The summed E-state index contributed by atoms with van der Waals surface area (Å²) in [6, 6.07) is 0. The SMILES string of the molecule is CC/C=C\CCCC/C=C\C/C=C\CC/C=C/C=C\CCC(=O)O. The monoisotopic (exact) mass is 330 g/mol. The number of carbonyl (C=O) groups is 1. The molecule has 0 aromatic carbocycles. The number of unbranched alkanes of at least 4 members (excludes halogenated alkanes) is 4. The van der Waals surface area contributed by atoms with Gasteiger partial charge in [0.1, 0.15) is 0 Å². The van der Waals surface area contributed by atoms with Gasteiger partial charge in [0.05, 0.1) is 0 Å². The second kappa shape index (κ2) is 19.2. The van der Waals surface area contributed by atoms with Crippen LogP contribution in [0.25, 0.3) is 0 Å². The number of allylic oxidation sites excluding steroid dienone is 10. The van der Waals surface area contributed by atoms with Gasteiger partial charge in [0.15, 0.2) is 0 Å². The zero-order chi connectivity index (χ0) is 17.7. The summed E-state index contributed by atoms with van der Waals surface area (Å²) in [6.07, 6.45) is 31.4. The Balaban J connectivity index is 3.41. The molecule has 0 fully saturated rings. The van der Waals surface area contributed by atoms with Crippen molar-refractivity contribution in [2.45, 2.75) is 71.1 Å². The highest BCUT2D eigenvalue weighted by Crippen LogP contribution is 2.03. The summed E-state index contributed by atoms with van der Waals surface area (Å²) in [5.41, 5.74) is 0. The summed E-state index contributed by atoms with van der Waals surface area (Å²) in [7, 11) is 0. The molecule has 0 aliphatic rings. The number of hydrogen-bond donors (Lipinski definition) is 1. The van der Waals surface area contributed by atoms with Crippen LogP contribution in [0.1, 0.15) is 71.1 Å². The molecule has 0 amide bonds. The quantitative estimate of drug-likeness (QED) is 0.204. The molecule has 0 bridgehead atoms. The number of carboxylic acids is 1. The molecule has 2 heteroatoms. The van der Waals surface area contributed by atoms with Crippen molar-refractivity contribution in [1.29, 1.82) is 0 Å². The largest absolute Gasteiger partial charge is 0.481 e. The van der Waals surface area contributed by atoms with Gasteiger partial charge in [-0.05, 0) is 57.8 Å². The fraction of sp³-hybridized carbons (Fsp3) is 0.500. The van der Waals surface area contributed by atoms with E-state index in [0.717, 1.165) is 25.7 Å². The summed E-state index contributed by atoms with van der Waals surface area (Å²) >= 11 is 0. The molecule has 0 rings (SSSR count). The second-order valence-electron chi connectivity index (χ2n) is 5.71. The minimum atomic E-state index is -0.744. The van der Waals surface area contributed by atoms with E-state index in [-0.39, 0.29) is 6.42 Å². The van der Waals surface area contributed by atoms with Gasteiger partial charge < -0.3 is 5.11 Å². The van der Waals surface area contributed by atoms with Gasteiger partial charge in [-0.25, -0.2) is 0 Å². The molecule has 0 aromatic heterocycles. The van der Waals surface area contributed by atoms with E-state index in [0.29, 0.717) is 6.42 Å². The first-order valence-electron chi connectivity index (χ1n) is 9.25. The summed E-state index contributed by atoms with van der Waals surface area (Å²) in [4.78, 5) is 10.3. The molecule has 0 unspecified atom stereocenters. The van der Waals surface area contributed by atoms with Gasteiger partial charge in [-0.15, -0.1) is 0 Å². The van der Waals surface area contributed by atoms with Crippen LogP contribution in [-0.2, 0) is 4.79 Å². The Morgan fingerprint density at radius 3 is 1.88 bits per heavy atom. The molecule has 0 aromatic rings. The highest BCUT2D eigenvalue weighted by atomic mass is 16.4. The first-order valence-corrected chi connectivity index (χ1v) is 9.25. The van der Waals surface area contributed by atoms with Crippen molar-refractivity contribution >= 4 is 5.97 Å².